The van der Waals surface area contributed by atoms with Gasteiger partial charge in [0.1, 0.15) is 40.7 Å². The second kappa shape index (κ2) is 16.5. The van der Waals surface area contributed by atoms with Crippen molar-refractivity contribution in [1.29, 1.82) is 0 Å². The molecule has 4 aromatic rings. The Hall–Kier alpha value is -5.78. The van der Waals surface area contributed by atoms with Crippen LogP contribution in [0, 0.1) is 0 Å². The third-order valence-electron chi connectivity index (χ3n) is 9.92. The topological polar surface area (TPSA) is 183 Å². The molecule has 5 amide bonds. The first kappa shape index (κ1) is 37.2. The Morgan fingerprint density at radius 2 is 1.52 bits per heavy atom. The number of fused-ring (bicyclic) bond motifs is 2. The fraction of sp³-hybridized carbons (Fsp3) is 0.385. The van der Waals surface area contributed by atoms with Gasteiger partial charge in [-0.3, -0.25) is 34.2 Å². The smallest absolute Gasteiger partial charge is 0.270 e. The minimum Gasteiger partial charge on any atom is -0.491 e. The first-order valence-electron chi connectivity index (χ1n) is 18.6. The van der Waals surface area contributed by atoms with Gasteiger partial charge in [-0.2, -0.15) is 0 Å². The molecule has 0 radical (unpaired) electrons. The molecule has 2 saturated heterocycles. The van der Waals surface area contributed by atoms with Crippen molar-refractivity contribution in [3.63, 3.8) is 0 Å². The number of nitrogens with zero attached hydrogens (tertiary/aromatic N) is 6. The number of thiazole rings is 1. The van der Waals surface area contributed by atoms with Crippen molar-refractivity contribution in [1.82, 2.24) is 25.2 Å². The molecule has 1 N–H and O–H groups in total. The van der Waals surface area contributed by atoms with Crippen molar-refractivity contribution in [2.24, 2.45) is 0 Å². The minimum absolute atomic E-state index is 0.0547. The molecule has 7 heterocycles. The van der Waals surface area contributed by atoms with Gasteiger partial charge in [0.15, 0.2) is 0 Å². The number of hydrogen-bond donors (Lipinski definition) is 1. The molecule has 1 aromatic carbocycles. The molecular weight excluding hydrogens is 743 g/mol. The van der Waals surface area contributed by atoms with Crippen LogP contribution in [0.15, 0.2) is 54.9 Å². The molecule has 4 aliphatic heterocycles. The van der Waals surface area contributed by atoms with Gasteiger partial charge >= 0.3 is 0 Å². The van der Waals surface area contributed by atoms with Crippen LogP contribution in [0.4, 0.5) is 11.5 Å². The van der Waals surface area contributed by atoms with Crippen molar-refractivity contribution in [2.45, 2.75) is 38.1 Å². The lowest BCUT2D eigenvalue weighted by Gasteiger charge is -2.27. The minimum atomic E-state index is -1.02. The average molecular weight is 782 g/mol. The summed E-state index contributed by atoms with van der Waals surface area (Å²) in [5, 5.41) is 2.98. The standard InChI is InChI=1S/C39H39N7O9S/c47-32-9-7-30(35(48)43-32)46-37(49)27-6-5-26(21-28(27)38(46)50)54-19-17-52-15-16-53-18-20-55-33-10-4-25(23-41-33)45-14-11-29-34(39(45)51)56-36(42-29)24-3-8-31(40-22-24)44-12-1-2-13-44/h3-6,8,10,21-23,30H,1-2,7,9,11-20H2,(H,43,47,48). The van der Waals surface area contributed by atoms with Crippen LogP contribution in [0.3, 0.4) is 0 Å². The molecule has 3 aromatic heterocycles. The Morgan fingerprint density at radius 1 is 0.750 bits per heavy atom. The molecule has 290 valence electrons. The monoisotopic (exact) mass is 781 g/mol. The molecular formula is C39H39N7O9S. The lowest BCUT2D eigenvalue weighted by atomic mass is 10.0. The quantitative estimate of drug-likeness (QED) is 0.137. The fourth-order valence-electron chi connectivity index (χ4n) is 7.05. The van der Waals surface area contributed by atoms with Gasteiger partial charge in [0, 0.05) is 50.3 Å². The number of rotatable bonds is 15. The van der Waals surface area contributed by atoms with E-state index in [1.807, 2.05) is 24.4 Å². The second-order valence-corrected chi connectivity index (χ2v) is 14.5. The van der Waals surface area contributed by atoms with Crippen LogP contribution in [0.1, 0.15) is 61.8 Å². The van der Waals surface area contributed by atoms with E-state index in [0.717, 1.165) is 40.1 Å². The summed E-state index contributed by atoms with van der Waals surface area (Å²) >= 11 is 1.40. The molecule has 4 aliphatic rings. The number of anilines is 2. The van der Waals surface area contributed by atoms with Crippen LogP contribution >= 0.6 is 11.3 Å². The first-order chi connectivity index (χ1) is 27.3. The summed E-state index contributed by atoms with van der Waals surface area (Å²) in [6.45, 7) is 4.29. The molecule has 0 saturated carbocycles. The summed E-state index contributed by atoms with van der Waals surface area (Å²) in [5.74, 6) is -0.562. The number of aromatic nitrogens is 3. The van der Waals surface area contributed by atoms with E-state index in [4.69, 9.17) is 23.9 Å². The lowest BCUT2D eigenvalue weighted by molar-refractivity contribution is -0.136. The third kappa shape index (κ3) is 7.82. The highest BCUT2D eigenvalue weighted by atomic mass is 32.1. The van der Waals surface area contributed by atoms with Crippen LogP contribution in [0.25, 0.3) is 10.6 Å². The Balaban J connectivity index is 0.716. The van der Waals surface area contributed by atoms with Gasteiger partial charge in [-0.05, 0) is 55.7 Å². The second-order valence-electron chi connectivity index (χ2n) is 13.5. The van der Waals surface area contributed by atoms with E-state index in [-0.39, 0.29) is 49.7 Å². The largest absolute Gasteiger partial charge is 0.491 e. The van der Waals surface area contributed by atoms with Gasteiger partial charge in [0.25, 0.3) is 17.7 Å². The van der Waals surface area contributed by atoms with Crippen LogP contribution in [-0.2, 0) is 25.5 Å². The van der Waals surface area contributed by atoms with Crippen LogP contribution in [0.5, 0.6) is 11.6 Å². The van der Waals surface area contributed by atoms with Gasteiger partial charge in [-0.1, -0.05) is 0 Å². The Bertz CT molecular complexity index is 2140. The molecule has 0 spiro atoms. The van der Waals surface area contributed by atoms with Crippen molar-refractivity contribution in [3.8, 4) is 22.2 Å². The van der Waals surface area contributed by atoms with Crippen molar-refractivity contribution in [3.05, 3.63) is 76.6 Å². The zero-order valence-electron chi connectivity index (χ0n) is 30.4. The maximum atomic E-state index is 13.5. The molecule has 2 fully saturated rings. The number of piperidine rings is 1. The Morgan fingerprint density at radius 3 is 2.25 bits per heavy atom. The zero-order chi connectivity index (χ0) is 38.6. The highest BCUT2D eigenvalue weighted by molar-refractivity contribution is 7.17. The SMILES string of the molecule is O=C1CCC(N2C(=O)c3ccc(OCCOCCOCCOc4ccc(N5CCc6nc(-c7ccc(N8CCCC8)nc7)sc6C5=O)cn4)cc3C2=O)C(=O)N1. The normalized spacial score (nSPS) is 18.0. The number of carbonyl (C=O) groups excluding carboxylic acids is 5. The number of pyridine rings is 2. The summed E-state index contributed by atoms with van der Waals surface area (Å²) in [6.07, 6.45) is 6.66. The van der Waals surface area contributed by atoms with E-state index in [9.17, 15) is 24.0 Å². The molecule has 0 aliphatic carbocycles. The van der Waals surface area contributed by atoms with Crippen LogP contribution < -0.4 is 24.6 Å². The number of benzene rings is 1. The maximum Gasteiger partial charge on any atom is 0.270 e. The summed E-state index contributed by atoms with van der Waals surface area (Å²) in [6, 6.07) is 11.1. The van der Waals surface area contributed by atoms with Gasteiger partial charge in [-0.15, -0.1) is 11.3 Å². The molecule has 1 unspecified atom stereocenters. The third-order valence-corrected chi connectivity index (χ3v) is 11.1. The zero-order valence-corrected chi connectivity index (χ0v) is 31.3. The summed E-state index contributed by atoms with van der Waals surface area (Å²) in [7, 11) is 0. The highest BCUT2D eigenvalue weighted by Crippen LogP contribution is 2.34. The predicted octanol–water partition coefficient (Wildman–Crippen LogP) is 3.30. The summed E-state index contributed by atoms with van der Waals surface area (Å²) in [5.41, 5.74) is 2.75. The number of imide groups is 2. The number of ether oxygens (including phenoxy) is 4. The Labute approximate surface area is 325 Å². The lowest BCUT2D eigenvalue weighted by Crippen LogP contribution is -2.54. The Kier molecular flexibility index (Phi) is 11.0. The van der Waals surface area contributed by atoms with Crippen molar-refractivity contribution < 1.29 is 42.9 Å². The highest BCUT2D eigenvalue weighted by Gasteiger charge is 2.44. The van der Waals surface area contributed by atoms with Gasteiger partial charge in [0.2, 0.25) is 17.7 Å². The van der Waals surface area contributed by atoms with Crippen molar-refractivity contribution in [2.75, 3.05) is 69.1 Å². The number of amides is 5. The molecule has 17 heteroatoms. The van der Waals surface area contributed by atoms with E-state index in [1.54, 1.807) is 23.2 Å². The van der Waals surface area contributed by atoms with Gasteiger partial charge < -0.3 is 28.7 Å². The fourth-order valence-corrected chi connectivity index (χ4v) is 8.10. The van der Waals surface area contributed by atoms with Crippen LogP contribution in [-0.4, -0.2) is 115 Å². The van der Waals surface area contributed by atoms with E-state index in [0.29, 0.717) is 55.0 Å². The van der Waals surface area contributed by atoms with E-state index in [1.165, 1.54) is 36.3 Å². The van der Waals surface area contributed by atoms with E-state index < -0.39 is 29.7 Å². The van der Waals surface area contributed by atoms with Gasteiger partial charge in [-0.25, -0.2) is 15.0 Å². The summed E-state index contributed by atoms with van der Waals surface area (Å²) < 4.78 is 22.6. The van der Waals surface area contributed by atoms with E-state index >= 15 is 0 Å². The molecule has 1 atom stereocenters. The average Bonchev–Trinajstić information content (AvgIpc) is 3.96. The molecule has 8 rings (SSSR count). The number of carbonyl (C=O) groups is 5. The molecule has 56 heavy (non-hydrogen) atoms. The maximum absolute atomic E-state index is 13.5. The first-order valence-corrected chi connectivity index (χ1v) is 19.4. The van der Waals surface area contributed by atoms with E-state index in [2.05, 4.69) is 20.2 Å². The predicted molar refractivity (Wildman–Crippen MR) is 202 cm³/mol. The van der Waals surface area contributed by atoms with Crippen LogP contribution in [0.2, 0.25) is 0 Å². The molecule has 0 bridgehead atoms. The number of hydrogen-bond acceptors (Lipinski definition) is 14. The number of nitrogens with one attached hydrogen (secondary N) is 1. The summed E-state index contributed by atoms with van der Waals surface area (Å²) in [4.78, 5) is 82.4. The van der Waals surface area contributed by atoms with Crippen molar-refractivity contribution >= 4 is 52.4 Å². The molecule has 16 nitrogen and oxygen atoms in total. The van der Waals surface area contributed by atoms with Gasteiger partial charge in [0.05, 0.1) is 55.1 Å².